The maximum absolute atomic E-state index is 11.4. The third-order valence-corrected chi connectivity index (χ3v) is 4.64. The molecule has 3 nitrogen and oxygen atoms in total. The van der Waals surface area contributed by atoms with Crippen molar-refractivity contribution in [2.75, 3.05) is 0 Å². The van der Waals surface area contributed by atoms with Gasteiger partial charge in [0.25, 0.3) is 0 Å². The monoisotopic (exact) mass is 352 g/mol. The number of nitrogens with zero attached hydrogens (tertiary/aromatic N) is 2. The van der Waals surface area contributed by atoms with Crippen molar-refractivity contribution < 1.29 is 4.79 Å². The minimum Gasteiger partial charge on any atom is -0.342 e. The number of hydrogen-bond acceptors (Lipinski definition) is 2. The van der Waals surface area contributed by atoms with Crippen LogP contribution in [0.4, 0.5) is 5.69 Å². The van der Waals surface area contributed by atoms with Crippen LogP contribution in [0.1, 0.15) is 28.4 Å². The zero-order valence-corrected chi connectivity index (χ0v) is 15.2. The zero-order chi connectivity index (χ0) is 18.6. The summed E-state index contributed by atoms with van der Waals surface area (Å²) in [5, 5.41) is 1.18. The molecule has 0 fully saturated rings. The second-order valence-electron chi connectivity index (χ2n) is 6.58. The van der Waals surface area contributed by atoms with E-state index in [4.69, 9.17) is 0 Å². The Balaban J connectivity index is 1.66. The van der Waals surface area contributed by atoms with Gasteiger partial charge in [-0.3, -0.25) is 9.79 Å². The van der Waals surface area contributed by atoms with Gasteiger partial charge in [-0.2, -0.15) is 0 Å². The lowest BCUT2D eigenvalue weighted by molar-refractivity contribution is 0.101. The van der Waals surface area contributed by atoms with Gasteiger partial charge in [0.2, 0.25) is 0 Å². The first-order valence-electron chi connectivity index (χ1n) is 8.97. The fourth-order valence-electron chi connectivity index (χ4n) is 3.22. The third-order valence-electron chi connectivity index (χ3n) is 4.64. The molecule has 0 aliphatic heterocycles. The average Bonchev–Trinajstić information content (AvgIpc) is 3.05. The van der Waals surface area contributed by atoms with Crippen LogP contribution >= 0.6 is 0 Å². The highest BCUT2D eigenvalue weighted by Crippen LogP contribution is 2.22. The summed E-state index contributed by atoms with van der Waals surface area (Å²) in [6.45, 7) is 2.39. The smallest absolute Gasteiger partial charge is 0.159 e. The van der Waals surface area contributed by atoms with Gasteiger partial charge < -0.3 is 4.57 Å². The maximum atomic E-state index is 11.4. The lowest BCUT2D eigenvalue weighted by atomic mass is 10.1. The van der Waals surface area contributed by atoms with E-state index < -0.39 is 0 Å². The maximum Gasteiger partial charge on any atom is 0.159 e. The molecule has 0 aliphatic carbocycles. The predicted octanol–water partition coefficient (Wildman–Crippen LogP) is 5.64. The summed E-state index contributed by atoms with van der Waals surface area (Å²) in [6.07, 6.45) is 4.04. The van der Waals surface area contributed by atoms with E-state index in [0.29, 0.717) is 5.56 Å². The molecule has 1 aromatic heterocycles. The van der Waals surface area contributed by atoms with E-state index in [1.807, 2.05) is 42.6 Å². The predicted molar refractivity (Wildman–Crippen MR) is 111 cm³/mol. The van der Waals surface area contributed by atoms with E-state index in [-0.39, 0.29) is 5.78 Å². The number of carbonyl (C=O) groups is 1. The third kappa shape index (κ3) is 3.72. The van der Waals surface area contributed by atoms with Gasteiger partial charge in [0, 0.05) is 41.0 Å². The largest absolute Gasteiger partial charge is 0.342 e. The quantitative estimate of drug-likeness (QED) is 0.338. The van der Waals surface area contributed by atoms with Crippen molar-refractivity contribution in [3.8, 4) is 0 Å². The lowest BCUT2D eigenvalue weighted by Crippen LogP contribution is -1.97. The summed E-state index contributed by atoms with van der Waals surface area (Å²) < 4.78 is 2.25. The molecule has 4 aromatic rings. The fourth-order valence-corrected chi connectivity index (χ4v) is 3.22. The van der Waals surface area contributed by atoms with E-state index in [0.717, 1.165) is 17.8 Å². The number of rotatable bonds is 5. The zero-order valence-electron chi connectivity index (χ0n) is 15.2. The van der Waals surface area contributed by atoms with Gasteiger partial charge in [-0.1, -0.05) is 48.5 Å². The number of hydrogen-bond donors (Lipinski definition) is 0. The van der Waals surface area contributed by atoms with Crippen LogP contribution in [0.5, 0.6) is 0 Å². The molecular formula is C24H20N2O. The van der Waals surface area contributed by atoms with E-state index in [9.17, 15) is 4.79 Å². The SMILES string of the molecule is CC(=O)c1ccc(N=Cc2cn(Cc3ccccc3)c3ccccc23)cc1. The van der Waals surface area contributed by atoms with E-state index >= 15 is 0 Å². The van der Waals surface area contributed by atoms with Crippen molar-refractivity contribution in [1.29, 1.82) is 0 Å². The van der Waals surface area contributed by atoms with Gasteiger partial charge in [-0.15, -0.1) is 0 Å². The molecule has 0 saturated carbocycles. The molecule has 132 valence electrons. The summed E-state index contributed by atoms with van der Waals surface area (Å²) in [4.78, 5) is 16.0. The molecule has 0 N–H and O–H groups in total. The van der Waals surface area contributed by atoms with Gasteiger partial charge in [-0.25, -0.2) is 0 Å². The van der Waals surface area contributed by atoms with Gasteiger partial charge in [-0.05, 0) is 42.8 Å². The second-order valence-corrected chi connectivity index (χ2v) is 6.58. The lowest BCUT2D eigenvalue weighted by Gasteiger charge is -2.05. The molecule has 0 spiro atoms. The summed E-state index contributed by atoms with van der Waals surface area (Å²) in [5.41, 5.74) is 5.07. The second kappa shape index (κ2) is 7.42. The molecule has 0 unspecified atom stereocenters. The van der Waals surface area contributed by atoms with Gasteiger partial charge in [0.1, 0.15) is 0 Å². The number of aliphatic imine (C=N–C) groups is 1. The van der Waals surface area contributed by atoms with Crippen LogP contribution in [0.25, 0.3) is 10.9 Å². The molecular weight excluding hydrogens is 332 g/mol. The number of benzene rings is 3. The molecule has 3 heteroatoms. The molecule has 4 rings (SSSR count). The van der Waals surface area contributed by atoms with Crippen LogP contribution in [0.15, 0.2) is 90.1 Å². The van der Waals surface area contributed by atoms with Crippen LogP contribution in [0.2, 0.25) is 0 Å². The highest BCUT2D eigenvalue weighted by Gasteiger charge is 2.07. The molecule has 0 bridgehead atoms. The first-order chi connectivity index (χ1) is 13.2. The highest BCUT2D eigenvalue weighted by atomic mass is 16.1. The summed E-state index contributed by atoms with van der Waals surface area (Å²) >= 11 is 0. The number of para-hydroxylation sites is 1. The van der Waals surface area contributed by atoms with Crippen LogP contribution < -0.4 is 0 Å². The number of fused-ring (bicyclic) bond motifs is 1. The first-order valence-corrected chi connectivity index (χ1v) is 8.97. The van der Waals surface area contributed by atoms with Crippen molar-refractivity contribution >= 4 is 28.6 Å². The molecule has 0 amide bonds. The van der Waals surface area contributed by atoms with Gasteiger partial charge in [0.05, 0.1) is 5.69 Å². The Bertz CT molecular complexity index is 1110. The van der Waals surface area contributed by atoms with Crippen LogP contribution in [-0.2, 0) is 6.54 Å². The Kier molecular flexibility index (Phi) is 4.67. The number of ketones is 1. The van der Waals surface area contributed by atoms with Gasteiger partial charge >= 0.3 is 0 Å². The van der Waals surface area contributed by atoms with Crippen molar-refractivity contribution in [1.82, 2.24) is 4.57 Å². The summed E-state index contributed by atoms with van der Waals surface area (Å²) in [5.74, 6) is 0.0644. The summed E-state index contributed by atoms with van der Waals surface area (Å²) in [6, 6.07) is 26.2. The topological polar surface area (TPSA) is 34.4 Å². The summed E-state index contributed by atoms with van der Waals surface area (Å²) in [7, 11) is 0. The standard InChI is InChI=1S/C24H20N2O/c1-18(27)20-11-13-22(14-12-20)25-15-21-17-26(16-19-7-3-2-4-8-19)24-10-6-5-9-23(21)24/h2-15,17H,16H2,1H3. The van der Waals surface area contributed by atoms with Gasteiger partial charge in [0.15, 0.2) is 5.78 Å². The molecule has 0 radical (unpaired) electrons. The minimum absolute atomic E-state index is 0.0644. The number of carbonyl (C=O) groups excluding carboxylic acids is 1. The Morgan fingerprint density at radius 2 is 1.63 bits per heavy atom. The molecule has 27 heavy (non-hydrogen) atoms. The molecule has 1 heterocycles. The van der Waals surface area contributed by atoms with Crippen molar-refractivity contribution in [3.05, 3.63) is 102 Å². The number of Topliss-reactive ketones (excluding diaryl/α,β-unsaturated/α-hetero) is 1. The van der Waals surface area contributed by atoms with Crippen molar-refractivity contribution in [2.45, 2.75) is 13.5 Å². The Morgan fingerprint density at radius 3 is 2.37 bits per heavy atom. The van der Waals surface area contributed by atoms with E-state index in [1.54, 1.807) is 6.92 Å². The molecule has 0 aliphatic rings. The minimum atomic E-state index is 0.0644. The number of aromatic nitrogens is 1. The van der Waals surface area contributed by atoms with Crippen molar-refractivity contribution in [2.24, 2.45) is 4.99 Å². The highest BCUT2D eigenvalue weighted by molar-refractivity contribution is 6.00. The Hall–Kier alpha value is -3.46. The Morgan fingerprint density at radius 1 is 0.926 bits per heavy atom. The van der Waals surface area contributed by atoms with Crippen molar-refractivity contribution in [3.63, 3.8) is 0 Å². The molecule has 3 aromatic carbocycles. The van der Waals surface area contributed by atoms with Crippen LogP contribution in [0.3, 0.4) is 0 Å². The van der Waals surface area contributed by atoms with E-state index in [1.165, 1.54) is 16.5 Å². The Labute approximate surface area is 158 Å². The normalized spacial score (nSPS) is 11.3. The molecule has 0 atom stereocenters. The van der Waals surface area contributed by atoms with Crippen LogP contribution in [0, 0.1) is 0 Å². The molecule has 0 saturated heterocycles. The fraction of sp³-hybridized carbons (Fsp3) is 0.0833. The average molecular weight is 352 g/mol. The van der Waals surface area contributed by atoms with E-state index in [2.05, 4.69) is 58.2 Å². The first kappa shape index (κ1) is 17.0. The van der Waals surface area contributed by atoms with Crippen LogP contribution in [-0.4, -0.2) is 16.6 Å².